The Kier molecular flexibility index (Phi) is 5.06. The van der Waals surface area contributed by atoms with E-state index in [0.717, 1.165) is 19.3 Å². The molecule has 0 amide bonds. The molecule has 3 nitrogen and oxygen atoms in total. The van der Waals surface area contributed by atoms with Crippen LogP contribution in [0.2, 0.25) is 0 Å². The third-order valence-corrected chi connectivity index (χ3v) is 3.49. The summed E-state index contributed by atoms with van der Waals surface area (Å²) in [5.41, 5.74) is 1.18. The maximum Gasteiger partial charge on any atom is 0.157 e. The summed E-state index contributed by atoms with van der Waals surface area (Å²) < 4.78 is 0. The van der Waals surface area contributed by atoms with Crippen molar-refractivity contribution in [2.24, 2.45) is 10.9 Å². The number of aliphatic imine (C=N–C) groups is 1. The quantitative estimate of drug-likeness (QED) is 0.560. The maximum absolute atomic E-state index is 11.6. The summed E-state index contributed by atoms with van der Waals surface area (Å²) in [5.74, 6) is 0.244. The monoisotopic (exact) mass is 255 g/mol. The first-order valence-corrected chi connectivity index (χ1v) is 6.21. The lowest BCUT2D eigenvalue weighted by atomic mass is 9.77. The second-order valence-electron chi connectivity index (χ2n) is 4.46. The molecule has 0 radical (unpaired) electrons. The lowest BCUT2D eigenvalue weighted by Gasteiger charge is -2.28. The lowest BCUT2D eigenvalue weighted by molar-refractivity contribution is -0.116. The van der Waals surface area contributed by atoms with Crippen LogP contribution >= 0.6 is 11.6 Å². The predicted octanol–water partition coefficient (Wildman–Crippen LogP) is 2.92. The minimum absolute atomic E-state index is 0.000242. The molecule has 1 aliphatic rings. The van der Waals surface area contributed by atoms with E-state index in [4.69, 9.17) is 11.6 Å². The van der Waals surface area contributed by atoms with Crippen molar-refractivity contribution in [1.29, 1.82) is 0 Å². The first kappa shape index (κ1) is 14.1. The van der Waals surface area contributed by atoms with Gasteiger partial charge in [0.1, 0.15) is 5.78 Å². The van der Waals surface area contributed by atoms with Gasteiger partial charge in [-0.3, -0.25) is 14.6 Å². The zero-order valence-electron chi connectivity index (χ0n) is 10.5. The Balaban J connectivity index is 3.04. The third kappa shape index (κ3) is 3.50. The highest BCUT2D eigenvalue weighted by atomic mass is 35.5. The number of rotatable bonds is 5. The van der Waals surface area contributed by atoms with Gasteiger partial charge >= 0.3 is 0 Å². The van der Waals surface area contributed by atoms with Crippen molar-refractivity contribution in [2.75, 3.05) is 7.05 Å². The molecule has 1 rings (SSSR count). The van der Waals surface area contributed by atoms with Crippen molar-refractivity contribution in [3.63, 3.8) is 0 Å². The van der Waals surface area contributed by atoms with E-state index in [0.29, 0.717) is 16.3 Å². The van der Waals surface area contributed by atoms with Gasteiger partial charge in [-0.25, -0.2) is 0 Å². The molecule has 0 spiro atoms. The number of halogens is 1. The third-order valence-electron chi connectivity index (χ3n) is 3.07. The highest BCUT2D eigenvalue weighted by Crippen LogP contribution is 2.36. The van der Waals surface area contributed by atoms with Crippen LogP contribution in [0.5, 0.6) is 0 Å². The Morgan fingerprint density at radius 1 is 1.29 bits per heavy atom. The zero-order chi connectivity index (χ0) is 13.0. The van der Waals surface area contributed by atoms with Crippen molar-refractivity contribution in [3.05, 3.63) is 10.6 Å². The summed E-state index contributed by atoms with van der Waals surface area (Å²) in [6.07, 6.45) is 3.33. The van der Waals surface area contributed by atoms with Crippen molar-refractivity contribution >= 4 is 28.9 Å². The molecule has 0 aromatic heterocycles. The minimum atomic E-state index is -0.00981. The molecular formula is C13H18ClNO2. The molecule has 4 heteroatoms. The van der Waals surface area contributed by atoms with E-state index in [-0.39, 0.29) is 23.9 Å². The number of allylic oxidation sites excluding steroid dienone is 2. The largest absolute Gasteiger partial charge is 0.300 e. The van der Waals surface area contributed by atoms with E-state index < -0.39 is 0 Å². The summed E-state index contributed by atoms with van der Waals surface area (Å²) in [6, 6.07) is 0. The number of Topliss-reactive ketones (excluding diaryl/α,β-unsaturated/α-hetero) is 2. The molecule has 1 fully saturated rings. The maximum atomic E-state index is 11.6. The SMILES string of the molecule is CN=C(CC(C)=O)/C(Cl)=C(\C(C)=O)C1CCC1. The van der Waals surface area contributed by atoms with E-state index in [1.54, 1.807) is 7.05 Å². The number of hydrogen-bond acceptors (Lipinski definition) is 3. The molecule has 0 aromatic carbocycles. The first-order valence-electron chi connectivity index (χ1n) is 5.83. The summed E-state index contributed by atoms with van der Waals surface area (Å²) in [4.78, 5) is 26.8. The molecule has 1 aliphatic carbocycles. The highest BCUT2D eigenvalue weighted by molar-refractivity contribution is 6.46. The first-order chi connectivity index (χ1) is 7.97. The van der Waals surface area contributed by atoms with Crippen molar-refractivity contribution in [3.8, 4) is 0 Å². The number of ketones is 2. The lowest BCUT2D eigenvalue weighted by Crippen LogP contribution is -2.22. The minimum Gasteiger partial charge on any atom is -0.300 e. The number of nitrogens with zero attached hydrogens (tertiary/aromatic N) is 1. The number of hydrogen-bond donors (Lipinski definition) is 0. The van der Waals surface area contributed by atoms with E-state index in [1.807, 2.05) is 0 Å². The van der Waals surface area contributed by atoms with Crippen LogP contribution < -0.4 is 0 Å². The molecule has 0 aromatic rings. The van der Waals surface area contributed by atoms with E-state index in [9.17, 15) is 9.59 Å². The molecule has 17 heavy (non-hydrogen) atoms. The fourth-order valence-electron chi connectivity index (χ4n) is 1.96. The molecular weight excluding hydrogens is 238 g/mol. The van der Waals surface area contributed by atoms with Crippen LogP contribution in [0, 0.1) is 5.92 Å². The number of carbonyl (C=O) groups excluding carboxylic acids is 2. The molecule has 0 saturated heterocycles. The second-order valence-corrected chi connectivity index (χ2v) is 4.84. The van der Waals surface area contributed by atoms with Crippen LogP contribution in [-0.4, -0.2) is 24.3 Å². The summed E-state index contributed by atoms with van der Waals surface area (Å²) in [7, 11) is 1.60. The Hall–Kier alpha value is -0.960. The second kappa shape index (κ2) is 6.10. The van der Waals surface area contributed by atoms with Gasteiger partial charge in [0.05, 0.1) is 10.7 Å². The van der Waals surface area contributed by atoms with Gasteiger partial charge in [-0.15, -0.1) is 0 Å². The van der Waals surface area contributed by atoms with Crippen molar-refractivity contribution < 1.29 is 9.59 Å². The van der Waals surface area contributed by atoms with Crippen LogP contribution in [0.3, 0.4) is 0 Å². The van der Waals surface area contributed by atoms with E-state index in [2.05, 4.69) is 4.99 Å². The predicted molar refractivity (Wildman–Crippen MR) is 69.6 cm³/mol. The van der Waals surface area contributed by atoms with Crippen molar-refractivity contribution in [2.45, 2.75) is 39.5 Å². The smallest absolute Gasteiger partial charge is 0.157 e. The number of carbonyl (C=O) groups is 2. The molecule has 1 saturated carbocycles. The molecule has 0 aliphatic heterocycles. The van der Waals surface area contributed by atoms with E-state index >= 15 is 0 Å². The molecule has 0 N–H and O–H groups in total. The van der Waals surface area contributed by atoms with Gasteiger partial charge in [0.2, 0.25) is 0 Å². The Morgan fingerprint density at radius 2 is 1.88 bits per heavy atom. The molecule has 94 valence electrons. The van der Waals surface area contributed by atoms with Gasteiger partial charge in [-0.05, 0) is 32.6 Å². The topological polar surface area (TPSA) is 46.5 Å². The molecule has 0 atom stereocenters. The van der Waals surface area contributed by atoms with Crippen LogP contribution in [-0.2, 0) is 9.59 Å². The Labute approximate surface area is 107 Å². The standard InChI is InChI=1S/C13H18ClNO2/c1-8(16)7-11(15-3)13(14)12(9(2)17)10-5-4-6-10/h10H,4-7H2,1-3H3/b13-12-,15-11?. The average Bonchev–Trinajstić information content (AvgIpc) is 2.17. The van der Waals surface area contributed by atoms with Crippen molar-refractivity contribution in [1.82, 2.24) is 0 Å². The van der Waals surface area contributed by atoms with Crippen LogP contribution in [0.1, 0.15) is 39.5 Å². The summed E-state index contributed by atoms with van der Waals surface area (Å²) in [5, 5.41) is 0.389. The van der Waals surface area contributed by atoms with Gasteiger partial charge in [-0.1, -0.05) is 18.0 Å². The Morgan fingerprint density at radius 3 is 2.18 bits per heavy atom. The van der Waals surface area contributed by atoms with E-state index in [1.165, 1.54) is 13.8 Å². The molecule has 0 bridgehead atoms. The molecule has 0 heterocycles. The van der Waals surface area contributed by atoms with Gasteiger partial charge in [0.15, 0.2) is 5.78 Å². The highest BCUT2D eigenvalue weighted by Gasteiger charge is 2.28. The van der Waals surface area contributed by atoms with Crippen LogP contribution in [0.4, 0.5) is 0 Å². The summed E-state index contributed by atoms with van der Waals surface area (Å²) >= 11 is 6.24. The van der Waals surface area contributed by atoms with Gasteiger partial charge < -0.3 is 0 Å². The fraction of sp³-hybridized carbons (Fsp3) is 0.615. The molecule has 0 unspecified atom stereocenters. The zero-order valence-corrected chi connectivity index (χ0v) is 11.3. The fourth-order valence-corrected chi connectivity index (χ4v) is 2.40. The van der Waals surface area contributed by atoms with Crippen LogP contribution in [0.25, 0.3) is 0 Å². The average molecular weight is 256 g/mol. The van der Waals surface area contributed by atoms with Crippen LogP contribution in [0.15, 0.2) is 15.6 Å². The van der Waals surface area contributed by atoms with Gasteiger partial charge in [0.25, 0.3) is 0 Å². The normalized spacial score (nSPS) is 18.5. The van der Waals surface area contributed by atoms with Gasteiger partial charge in [0, 0.05) is 19.0 Å². The van der Waals surface area contributed by atoms with Gasteiger partial charge in [-0.2, -0.15) is 0 Å². The summed E-state index contributed by atoms with van der Waals surface area (Å²) in [6.45, 7) is 3.02. The Bertz CT molecular complexity index is 392.